The maximum atomic E-state index is 10.8. The van der Waals surface area contributed by atoms with Crippen LogP contribution >= 0.6 is 22.6 Å². The van der Waals surface area contributed by atoms with Crippen molar-refractivity contribution in [2.24, 2.45) is 41.4 Å². The Bertz CT molecular complexity index is 582. The lowest BCUT2D eigenvalue weighted by Crippen LogP contribution is -2.43. The molecule has 0 unspecified atom stereocenters. The molecule has 0 radical (unpaired) electrons. The molecule has 0 heterocycles. The highest BCUT2D eigenvalue weighted by molar-refractivity contribution is 14.1. The first-order valence-electron chi connectivity index (χ1n) is 7.65. The van der Waals surface area contributed by atoms with Gasteiger partial charge in [0.05, 0.1) is 6.10 Å². The van der Waals surface area contributed by atoms with Crippen LogP contribution in [0.4, 0.5) is 0 Å². The van der Waals surface area contributed by atoms with Gasteiger partial charge in [-0.15, -0.1) is 0 Å². The van der Waals surface area contributed by atoms with Crippen LogP contribution in [0.5, 0.6) is 0 Å². The zero-order chi connectivity index (χ0) is 12.5. The molecular formula is C17H17IO. The molecule has 0 saturated heterocycles. The highest BCUT2D eigenvalue weighted by Gasteiger charge is 2.88. The number of hydrogen-bond donors (Lipinski definition) is 1. The maximum absolute atomic E-state index is 10.8. The smallest absolute Gasteiger partial charge is 0.0614 e. The van der Waals surface area contributed by atoms with E-state index in [0.717, 1.165) is 33.5 Å². The van der Waals surface area contributed by atoms with Crippen molar-refractivity contribution in [1.82, 2.24) is 0 Å². The van der Waals surface area contributed by atoms with Crippen LogP contribution < -0.4 is 0 Å². The standard InChI is InChI=1S/C17H17IO/c18-16-11-9-6-8-10(11)14-15(19)12(8)13(9)17(14,16)7-4-2-1-3-5-7/h1-5,8-16,19H,6H2/t8-,9+,10-,11+,12+,13-,14+,15+,16+,17-/m0/s1. The van der Waals surface area contributed by atoms with E-state index in [1.807, 2.05) is 0 Å². The molecule has 10 atom stereocenters. The number of aliphatic hydroxyl groups is 1. The van der Waals surface area contributed by atoms with Crippen LogP contribution in [0.2, 0.25) is 0 Å². The van der Waals surface area contributed by atoms with Crippen molar-refractivity contribution in [2.45, 2.75) is 21.9 Å². The van der Waals surface area contributed by atoms with Gasteiger partial charge in [-0.2, -0.15) is 0 Å². The average Bonchev–Trinajstić information content (AvgIpc) is 3.15. The van der Waals surface area contributed by atoms with E-state index in [1.54, 1.807) is 5.56 Å². The Hall–Kier alpha value is -0.0900. The number of hydrogen-bond acceptors (Lipinski definition) is 1. The van der Waals surface area contributed by atoms with Crippen LogP contribution in [0.3, 0.4) is 0 Å². The minimum Gasteiger partial charge on any atom is -0.392 e. The van der Waals surface area contributed by atoms with Gasteiger partial charge in [-0.25, -0.2) is 0 Å². The number of aliphatic hydroxyl groups excluding tert-OH is 1. The van der Waals surface area contributed by atoms with Gasteiger partial charge < -0.3 is 5.11 Å². The molecule has 1 nitrogen and oxygen atoms in total. The van der Waals surface area contributed by atoms with Crippen molar-refractivity contribution < 1.29 is 5.11 Å². The minimum atomic E-state index is 0.00923. The Morgan fingerprint density at radius 3 is 2.58 bits per heavy atom. The topological polar surface area (TPSA) is 20.2 Å². The summed E-state index contributed by atoms with van der Waals surface area (Å²) >= 11 is 2.76. The normalized spacial score (nSPS) is 65.9. The van der Waals surface area contributed by atoms with Crippen LogP contribution in [-0.4, -0.2) is 15.1 Å². The molecule has 19 heavy (non-hydrogen) atoms. The Kier molecular flexibility index (Phi) is 1.63. The van der Waals surface area contributed by atoms with Gasteiger partial charge >= 0.3 is 0 Å². The lowest BCUT2D eigenvalue weighted by molar-refractivity contribution is 0.103. The monoisotopic (exact) mass is 364 g/mol. The second-order valence-electron chi connectivity index (χ2n) is 7.54. The van der Waals surface area contributed by atoms with Gasteiger partial charge in [-0.3, -0.25) is 0 Å². The molecule has 1 N–H and O–H groups in total. The summed E-state index contributed by atoms with van der Waals surface area (Å²) in [6, 6.07) is 11.2. The summed E-state index contributed by atoms with van der Waals surface area (Å²) in [6.45, 7) is 0. The largest absolute Gasteiger partial charge is 0.392 e. The Morgan fingerprint density at radius 2 is 1.79 bits per heavy atom. The van der Waals surface area contributed by atoms with E-state index >= 15 is 0 Å². The third-order valence-corrected chi connectivity index (χ3v) is 9.56. The summed E-state index contributed by atoms with van der Waals surface area (Å²) in [7, 11) is 0. The second-order valence-corrected chi connectivity index (χ2v) is 8.88. The van der Waals surface area contributed by atoms with Gasteiger partial charge in [0.1, 0.15) is 0 Å². The molecule has 1 aromatic rings. The van der Waals surface area contributed by atoms with E-state index in [1.165, 1.54) is 6.42 Å². The van der Waals surface area contributed by atoms with E-state index in [-0.39, 0.29) is 6.10 Å². The second kappa shape index (κ2) is 2.92. The van der Waals surface area contributed by atoms with Gasteiger partial charge in [-0.1, -0.05) is 52.9 Å². The molecule has 0 spiro atoms. The highest BCUT2D eigenvalue weighted by atomic mass is 127. The summed E-state index contributed by atoms with van der Waals surface area (Å²) in [6.07, 6.45) is 1.45. The summed E-state index contributed by atoms with van der Waals surface area (Å²) in [5.74, 6) is 5.65. The lowest BCUT2D eigenvalue weighted by atomic mass is 9.61. The number of alkyl halides is 1. The summed E-state index contributed by atoms with van der Waals surface area (Å²) in [5, 5.41) is 10.8. The van der Waals surface area contributed by atoms with Crippen molar-refractivity contribution in [3.63, 3.8) is 0 Å². The fraction of sp³-hybridized carbons (Fsp3) is 0.647. The fourth-order valence-electron chi connectivity index (χ4n) is 7.85. The molecule has 1 aromatic carbocycles. The zero-order valence-corrected chi connectivity index (χ0v) is 12.8. The van der Waals surface area contributed by atoms with Crippen molar-refractivity contribution in [3.05, 3.63) is 35.9 Å². The third-order valence-electron chi connectivity index (χ3n) is 7.70. The molecule has 6 fully saturated rings. The van der Waals surface area contributed by atoms with Crippen LogP contribution in [0.1, 0.15) is 12.0 Å². The molecule has 7 rings (SSSR count). The predicted octanol–water partition coefficient (Wildman–Crippen LogP) is 2.86. The van der Waals surface area contributed by atoms with Gasteiger partial charge in [-0.05, 0) is 53.4 Å². The molecule has 0 amide bonds. The van der Waals surface area contributed by atoms with Crippen molar-refractivity contribution in [3.8, 4) is 0 Å². The van der Waals surface area contributed by atoms with E-state index in [4.69, 9.17) is 0 Å². The average molecular weight is 364 g/mol. The van der Waals surface area contributed by atoms with E-state index in [2.05, 4.69) is 52.9 Å². The van der Waals surface area contributed by atoms with Gasteiger partial charge in [0.25, 0.3) is 0 Å². The molecule has 6 aliphatic carbocycles. The number of halogens is 1. The van der Waals surface area contributed by atoms with Gasteiger partial charge in [0.2, 0.25) is 0 Å². The van der Waals surface area contributed by atoms with Crippen LogP contribution in [0.25, 0.3) is 0 Å². The maximum Gasteiger partial charge on any atom is 0.0614 e. The lowest BCUT2D eigenvalue weighted by Gasteiger charge is -2.43. The van der Waals surface area contributed by atoms with Crippen LogP contribution in [0.15, 0.2) is 30.3 Å². The van der Waals surface area contributed by atoms with Crippen molar-refractivity contribution >= 4 is 22.6 Å². The predicted molar refractivity (Wildman–Crippen MR) is 81.0 cm³/mol. The Balaban J connectivity index is 1.68. The highest BCUT2D eigenvalue weighted by Crippen LogP contribution is 2.88. The summed E-state index contributed by atoms with van der Waals surface area (Å²) < 4.78 is 0.768. The first kappa shape index (κ1) is 10.6. The van der Waals surface area contributed by atoms with E-state index in [0.29, 0.717) is 17.3 Å². The first-order chi connectivity index (χ1) is 9.28. The first-order valence-corrected chi connectivity index (χ1v) is 8.90. The van der Waals surface area contributed by atoms with Gasteiger partial charge in [0, 0.05) is 9.34 Å². The number of rotatable bonds is 1. The van der Waals surface area contributed by atoms with Crippen LogP contribution in [0, 0.1) is 41.4 Å². The Morgan fingerprint density at radius 1 is 1.00 bits per heavy atom. The zero-order valence-electron chi connectivity index (χ0n) is 10.6. The summed E-state index contributed by atoms with van der Waals surface area (Å²) in [5.41, 5.74) is 1.88. The molecule has 6 aliphatic rings. The summed E-state index contributed by atoms with van der Waals surface area (Å²) in [4.78, 5) is 0. The Labute approximate surface area is 126 Å². The molecule has 6 bridgehead atoms. The molecule has 0 aliphatic heterocycles. The quantitative estimate of drug-likeness (QED) is 0.600. The van der Waals surface area contributed by atoms with Crippen LogP contribution in [-0.2, 0) is 5.41 Å². The molecule has 6 saturated carbocycles. The van der Waals surface area contributed by atoms with Crippen molar-refractivity contribution in [2.75, 3.05) is 0 Å². The van der Waals surface area contributed by atoms with Gasteiger partial charge in [0.15, 0.2) is 0 Å². The molecule has 0 aromatic heterocycles. The fourth-order valence-corrected chi connectivity index (χ4v) is 10.1. The van der Waals surface area contributed by atoms with Crippen molar-refractivity contribution in [1.29, 1.82) is 0 Å². The molecule has 2 heteroatoms. The van der Waals surface area contributed by atoms with E-state index in [9.17, 15) is 5.11 Å². The SMILES string of the molecule is O[C@@H]1[C@@H]2[C@H]3C[C@@H]4[C@@H]5[C@H]3[C@H]1[C@](c1ccccc1)([C@@H]42)[C@@H]5I. The molecular weight excluding hydrogens is 347 g/mol. The minimum absolute atomic E-state index is 0.00923. The molecule has 98 valence electrons. The number of benzene rings is 1. The third kappa shape index (κ3) is 0.787. The van der Waals surface area contributed by atoms with E-state index < -0.39 is 0 Å².